The van der Waals surface area contributed by atoms with Crippen LogP contribution < -0.4 is 0 Å². The number of halogens is 2. The molecule has 0 saturated carbocycles. The molecule has 25 heavy (non-hydrogen) atoms. The van der Waals surface area contributed by atoms with E-state index in [2.05, 4.69) is 51.8 Å². The first-order chi connectivity index (χ1) is 12.1. The zero-order chi connectivity index (χ0) is 18.8. The number of unbranched alkanes of at least 4 members (excludes halogenated alkanes) is 11. The summed E-state index contributed by atoms with van der Waals surface area (Å²) in [5.74, 6) is -0.303. The van der Waals surface area contributed by atoms with E-state index in [4.69, 9.17) is 4.74 Å². The second kappa shape index (κ2) is 19.6. The summed E-state index contributed by atoms with van der Waals surface area (Å²) in [5.41, 5.74) is 0. The van der Waals surface area contributed by atoms with Gasteiger partial charge in [-0.15, -0.1) is 0 Å². The van der Waals surface area contributed by atoms with Crippen LogP contribution in [-0.2, 0) is 9.53 Å². The van der Waals surface area contributed by atoms with Gasteiger partial charge in [-0.3, -0.25) is 0 Å². The molecule has 0 fully saturated rings. The van der Waals surface area contributed by atoms with Crippen LogP contribution in [0.2, 0.25) is 6.04 Å². The van der Waals surface area contributed by atoms with E-state index in [0.717, 1.165) is 23.9 Å². The Morgan fingerprint density at radius 2 is 1.36 bits per heavy atom. The lowest BCUT2D eigenvalue weighted by molar-refractivity contribution is -0.142. The van der Waals surface area contributed by atoms with Gasteiger partial charge in [-0.25, -0.2) is 4.79 Å². The smallest absolute Gasteiger partial charge is 0.330 e. The zero-order valence-corrected chi connectivity index (χ0v) is 21.2. The normalized spacial score (nSPS) is 12.3. The van der Waals surface area contributed by atoms with E-state index in [9.17, 15) is 4.79 Å². The number of alkyl halides is 2. The summed E-state index contributed by atoms with van der Waals surface area (Å²) in [5, 5.41) is 0. The van der Waals surface area contributed by atoms with Gasteiger partial charge in [-0.1, -0.05) is 128 Å². The van der Waals surface area contributed by atoms with E-state index in [1.807, 2.05) is 6.92 Å². The maximum atomic E-state index is 11.1. The molecule has 5 heteroatoms. The fourth-order valence-corrected chi connectivity index (χ4v) is 5.38. The predicted octanol–water partition coefficient (Wildman–Crippen LogP) is 7.45. The highest BCUT2D eigenvalue weighted by Crippen LogP contribution is 2.15. The Morgan fingerprint density at radius 3 is 1.80 bits per heavy atom. The lowest BCUT2D eigenvalue weighted by Gasteiger charge is -2.11. The summed E-state index contributed by atoms with van der Waals surface area (Å²) < 4.78 is 6.01. The molecule has 0 aliphatic rings. The highest BCUT2D eigenvalue weighted by molar-refractivity contribution is 14.2. The van der Waals surface area contributed by atoms with Crippen LogP contribution in [-0.4, -0.2) is 23.1 Å². The van der Waals surface area contributed by atoms with Gasteiger partial charge in [0.2, 0.25) is 0 Å². The molecule has 0 aromatic carbocycles. The average molecular weight is 590 g/mol. The summed E-state index contributed by atoms with van der Waals surface area (Å²) in [6.45, 7) is 5.38. The molecule has 146 valence electrons. The first-order valence-electron chi connectivity index (χ1n) is 9.91. The van der Waals surface area contributed by atoms with Crippen molar-refractivity contribution in [3.05, 3.63) is 12.7 Å². The third kappa shape index (κ3) is 21.0. The molecule has 0 aliphatic carbocycles. The third-order valence-corrected chi connectivity index (χ3v) is 7.91. The van der Waals surface area contributed by atoms with Gasteiger partial charge in [-0.2, -0.15) is 0 Å². The molecule has 0 rings (SSSR count). The summed E-state index contributed by atoms with van der Waals surface area (Å²) in [7, 11) is 1.14. The van der Waals surface area contributed by atoms with Gasteiger partial charge in [0.15, 0.2) is 0 Å². The maximum Gasteiger partial charge on any atom is 0.330 e. The molecular formula is C20H36I2O2Si. The predicted molar refractivity (Wildman–Crippen MR) is 128 cm³/mol. The highest BCUT2D eigenvalue weighted by atomic mass is 127. The standard InChI is InChI=1S/C20H36I2O2Si/c1-3-19(23)24-18(2)16-14-12-10-8-6-4-5-7-9-11-13-15-17-25-20(21)22/h3,18,20H,1,4-17H2,2H3. The number of hydrogen-bond donors (Lipinski definition) is 0. The van der Waals surface area contributed by atoms with Gasteiger partial charge in [0, 0.05) is 6.08 Å². The monoisotopic (exact) mass is 590 g/mol. The van der Waals surface area contributed by atoms with Crippen LogP contribution in [0.3, 0.4) is 0 Å². The van der Waals surface area contributed by atoms with Crippen molar-refractivity contribution in [3.63, 3.8) is 0 Å². The third-order valence-electron chi connectivity index (χ3n) is 4.32. The van der Waals surface area contributed by atoms with Gasteiger partial charge < -0.3 is 4.74 Å². The SMILES string of the molecule is C=CC(=O)OC(C)CCCCCCCCCCCCCC[Si]C(I)I. The zero-order valence-electron chi connectivity index (χ0n) is 15.9. The molecule has 1 atom stereocenters. The van der Waals surface area contributed by atoms with Crippen LogP contribution in [0.15, 0.2) is 12.7 Å². The van der Waals surface area contributed by atoms with Crippen molar-refractivity contribution >= 4 is 60.7 Å². The number of carbonyl (C=O) groups excluding carboxylic acids is 1. The minimum atomic E-state index is -0.303. The Labute approximate surface area is 185 Å². The van der Waals surface area contributed by atoms with Crippen molar-refractivity contribution in [3.8, 4) is 0 Å². The van der Waals surface area contributed by atoms with Crippen molar-refractivity contribution in [2.75, 3.05) is 0 Å². The minimum absolute atomic E-state index is 0.0236. The molecule has 1 unspecified atom stereocenters. The molecule has 0 aromatic rings. The average Bonchev–Trinajstić information content (AvgIpc) is 2.57. The topological polar surface area (TPSA) is 26.3 Å². The minimum Gasteiger partial charge on any atom is -0.460 e. The molecule has 0 N–H and O–H groups in total. The Morgan fingerprint density at radius 1 is 0.920 bits per heavy atom. The molecular weight excluding hydrogens is 554 g/mol. The van der Waals surface area contributed by atoms with Crippen molar-refractivity contribution < 1.29 is 9.53 Å². The number of hydrogen-bond acceptors (Lipinski definition) is 2. The van der Waals surface area contributed by atoms with Crippen molar-refractivity contribution in [2.24, 2.45) is 0 Å². The molecule has 0 bridgehead atoms. The second-order valence-electron chi connectivity index (χ2n) is 6.74. The second-order valence-corrected chi connectivity index (χ2v) is 15.4. The number of esters is 1. The van der Waals surface area contributed by atoms with Gasteiger partial charge in [0.1, 0.15) is 0 Å². The van der Waals surface area contributed by atoms with Crippen molar-refractivity contribution in [2.45, 2.75) is 104 Å². The van der Waals surface area contributed by atoms with Crippen LogP contribution in [0.4, 0.5) is 0 Å². The Bertz CT molecular complexity index is 325. The van der Waals surface area contributed by atoms with E-state index in [1.54, 1.807) is 0 Å². The summed E-state index contributed by atoms with van der Waals surface area (Å²) in [6.07, 6.45) is 18.7. The van der Waals surface area contributed by atoms with Crippen molar-refractivity contribution in [1.29, 1.82) is 0 Å². The van der Waals surface area contributed by atoms with Gasteiger partial charge in [0.25, 0.3) is 0 Å². The lowest BCUT2D eigenvalue weighted by Crippen LogP contribution is -2.12. The first kappa shape index (κ1) is 25.9. The summed E-state index contributed by atoms with van der Waals surface area (Å²) >= 11 is 5.05. The highest BCUT2D eigenvalue weighted by Gasteiger charge is 2.05. The number of ether oxygens (including phenoxy) is 1. The number of rotatable bonds is 18. The molecule has 0 saturated heterocycles. The van der Waals surface area contributed by atoms with E-state index in [-0.39, 0.29) is 12.1 Å². The Kier molecular flexibility index (Phi) is 20.3. The fraction of sp³-hybridized carbons (Fsp3) is 0.850. The molecule has 0 aromatic heterocycles. The van der Waals surface area contributed by atoms with E-state index in [0.29, 0.717) is 0 Å². The number of carbonyl (C=O) groups is 1. The van der Waals surface area contributed by atoms with Crippen LogP contribution in [0, 0.1) is 0 Å². The van der Waals surface area contributed by atoms with E-state index < -0.39 is 0 Å². The van der Waals surface area contributed by atoms with E-state index in [1.165, 1.54) is 82.7 Å². The van der Waals surface area contributed by atoms with Gasteiger partial charge in [0.05, 0.1) is 17.2 Å². The molecule has 0 aliphatic heterocycles. The first-order valence-corrected chi connectivity index (χ1v) is 13.7. The molecule has 0 heterocycles. The van der Waals surface area contributed by atoms with Crippen LogP contribution in [0.5, 0.6) is 0 Å². The van der Waals surface area contributed by atoms with Crippen molar-refractivity contribution in [1.82, 2.24) is 0 Å². The molecule has 2 radical (unpaired) electrons. The summed E-state index contributed by atoms with van der Waals surface area (Å²) in [6, 6.07) is 1.44. The largest absolute Gasteiger partial charge is 0.460 e. The Balaban J connectivity index is 3.14. The van der Waals surface area contributed by atoms with Crippen LogP contribution in [0.1, 0.15) is 90.4 Å². The maximum absolute atomic E-state index is 11.1. The van der Waals surface area contributed by atoms with Crippen LogP contribution >= 0.6 is 45.2 Å². The quantitative estimate of drug-likeness (QED) is 0.0414. The fourth-order valence-electron chi connectivity index (χ4n) is 2.84. The molecule has 2 nitrogen and oxygen atoms in total. The van der Waals surface area contributed by atoms with Crippen LogP contribution in [0.25, 0.3) is 0 Å². The van der Waals surface area contributed by atoms with Gasteiger partial charge in [-0.05, 0) is 19.8 Å². The van der Waals surface area contributed by atoms with Gasteiger partial charge >= 0.3 is 5.97 Å². The Hall–Kier alpha value is 0.887. The lowest BCUT2D eigenvalue weighted by atomic mass is 10.0. The molecule has 0 spiro atoms. The van der Waals surface area contributed by atoms with E-state index >= 15 is 0 Å². The molecule has 0 amide bonds. The summed E-state index contributed by atoms with van der Waals surface area (Å²) in [4.78, 5) is 11.1.